The van der Waals surface area contributed by atoms with Crippen molar-refractivity contribution >= 4 is 21.8 Å². The van der Waals surface area contributed by atoms with Crippen molar-refractivity contribution in [1.82, 2.24) is 9.55 Å². The molecule has 2 nitrogen and oxygen atoms in total. The topological polar surface area (TPSA) is 17.8 Å². The van der Waals surface area contributed by atoms with E-state index in [0.29, 0.717) is 0 Å². The van der Waals surface area contributed by atoms with E-state index in [1.54, 1.807) is 0 Å². The molecule has 0 radical (unpaired) electrons. The van der Waals surface area contributed by atoms with Crippen LogP contribution < -0.4 is 0 Å². The van der Waals surface area contributed by atoms with Gasteiger partial charge in [-0.3, -0.25) is 0 Å². The van der Waals surface area contributed by atoms with Gasteiger partial charge < -0.3 is 4.57 Å². The van der Waals surface area contributed by atoms with E-state index in [0.717, 1.165) is 12.1 Å². The molecular weight excluding hydrogens is 220 g/mol. The number of hydrogen-bond donors (Lipinski definition) is 0. The van der Waals surface area contributed by atoms with Gasteiger partial charge in [0.15, 0.2) is 0 Å². The van der Waals surface area contributed by atoms with Crippen LogP contribution in [0.2, 0.25) is 0 Å². The average Bonchev–Trinajstić information content (AvgIpc) is 2.83. The van der Waals surface area contributed by atoms with Gasteiger partial charge in [-0.2, -0.15) is 0 Å². The van der Waals surface area contributed by atoms with Gasteiger partial charge in [-0.05, 0) is 17.9 Å². The van der Waals surface area contributed by atoms with E-state index in [1.165, 1.54) is 35.6 Å². The molecule has 0 amide bonds. The molecule has 0 saturated carbocycles. The van der Waals surface area contributed by atoms with Gasteiger partial charge in [0.25, 0.3) is 0 Å². The number of rotatable bonds is 4. The third-order valence-corrected chi connectivity index (χ3v) is 3.51. The van der Waals surface area contributed by atoms with Gasteiger partial charge in [-0.1, -0.05) is 50.1 Å². The van der Waals surface area contributed by atoms with Crippen LogP contribution in [0.4, 0.5) is 0 Å². The van der Waals surface area contributed by atoms with Crippen LogP contribution in [0, 0.1) is 0 Å². The number of nitrogens with zero attached hydrogens (tertiary/aromatic N) is 2. The first kappa shape index (κ1) is 11.3. The molecule has 0 fully saturated rings. The first-order chi connectivity index (χ1) is 8.90. The van der Waals surface area contributed by atoms with E-state index in [2.05, 4.69) is 52.9 Å². The second-order valence-corrected chi connectivity index (χ2v) is 4.80. The Kier molecular flexibility index (Phi) is 3.01. The smallest absolute Gasteiger partial charge is 0.0958 e. The lowest BCUT2D eigenvalue weighted by atomic mass is 10.1. The van der Waals surface area contributed by atoms with Crippen molar-refractivity contribution in [3.8, 4) is 0 Å². The molecule has 2 heteroatoms. The molecule has 0 bridgehead atoms. The Hall–Kier alpha value is -1.83. The number of hydrogen-bond acceptors (Lipinski definition) is 1. The van der Waals surface area contributed by atoms with Crippen LogP contribution in [0.1, 0.15) is 26.2 Å². The highest BCUT2D eigenvalue weighted by atomic mass is 15.0. The fourth-order valence-corrected chi connectivity index (χ4v) is 2.54. The third kappa shape index (κ3) is 1.88. The molecule has 92 valence electrons. The van der Waals surface area contributed by atoms with Crippen LogP contribution in [0.15, 0.2) is 42.7 Å². The van der Waals surface area contributed by atoms with E-state index in [9.17, 15) is 0 Å². The number of aryl methyl sites for hydroxylation is 1. The first-order valence-electron chi connectivity index (χ1n) is 6.72. The van der Waals surface area contributed by atoms with Crippen molar-refractivity contribution in [3.05, 3.63) is 42.7 Å². The zero-order valence-electron chi connectivity index (χ0n) is 10.8. The molecule has 0 aliphatic carbocycles. The maximum absolute atomic E-state index is 4.51. The lowest BCUT2D eigenvalue weighted by molar-refractivity contribution is 0.614. The summed E-state index contributed by atoms with van der Waals surface area (Å²) in [6.07, 6.45) is 5.75. The summed E-state index contributed by atoms with van der Waals surface area (Å²) in [6, 6.07) is 12.8. The largest absolute Gasteiger partial charge is 0.330 e. The first-order valence-corrected chi connectivity index (χ1v) is 6.72. The summed E-state index contributed by atoms with van der Waals surface area (Å²) in [4.78, 5) is 4.51. The molecule has 3 rings (SSSR count). The van der Waals surface area contributed by atoms with Crippen LogP contribution >= 0.6 is 0 Å². The zero-order chi connectivity index (χ0) is 12.4. The summed E-state index contributed by atoms with van der Waals surface area (Å²) >= 11 is 0. The molecule has 0 N–H and O–H groups in total. The monoisotopic (exact) mass is 238 g/mol. The van der Waals surface area contributed by atoms with Crippen LogP contribution in [0.5, 0.6) is 0 Å². The molecule has 18 heavy (non-hydrogen) atoms. The molecule has 0 atom stereocenters. The van der Waals surface area contributed by atoms with Crippen molar-refractivity contribution in [2.45, 2.75) is 32.7 Å². The molecule has 2 aromatic carbocycles. The van der Waals surface area contributed by atoms with Crippen molar-refractivity contribution in [1.29, 1.82) is 0 Å². The Morgan fingerprint density at radius 2 is 1.94 bits per heavy atom. The van der Waals surface area contributed by atoms with Gasteiger partial charge in [-0.25, -0.2) is 4.98 Å². The summed E-state index contributed by atoms with van der Waals surface area (Å²) in [5, 5.41) is 2.60. The molecule has 3 aromatic rings. The van der Waals surface area contributed by atoms with Crippen LogP contribution in [-0.4, -0.2) is 9.55 Å². The molecule has 0 spiro atoms. The zero-order valence-corrected chi connectivity index (χ0v) is 10.8. The Balaban J connectivity index is 2.12. The highest BCUT2D eigenvalue weighted by Gasteiger charge is 2.06. The van der Waals surface area contributed by atoms with Crippen molar-refractivity contribution in [2.75, 3.05) is 0 Å². The van der Waals surface area contributed by atoms with Gasteiger partial charge in [0.1, 0.15) is 0 Å². The lowest BCUT2D eigenvalue weighted by Gasteiger charge is -2.06. The molecule has 0 unspecified atom stereocenters. The Morgan fingerprint density at radius 1 is 1.06 bits per heavy atom. The van der Waals surface area contributed by atoms with Crippen molar-refractivity contribution < 1.29 is 0 Å². The Morgan fingerprint density at radius 3 is 2.83 bits per heavy atom. The maximum Gasteiger partial charge on any atom is 0.0958 e. The van der Waals surface area contributed by atoms with E-state index >= 15 is 0 Å². The van der Waals surface area contributed by atoms with Gasteiger partial charge in [0.05, 0.1) is 17.4 Å². The molecule has 0 aliphatic rings. The lowest BCUT2D eigenvalue weighted by Crippen LogP contribution is -1.96. The van der Waals surface area contributed by atoms with Crippen molar-refractivity contribution in [2.24, 2.45) is 0 Å². The molecular formula is C16H18N2. The third-order valence-electron chi connectivity index (χ3n) is 3.51. The number of unbranched alkanes of at least 4 members (excludes halogenated alkanes) is 2. The van der Waals surface area contributed by atoms with Crippen LogP contribution in [0.3, 0.4) is 0 Å². The minimum Gasteiger partial charge on any atom is -0.330 e. The van der Waals surface area contributed by atoms with Gasteiger partial charge in [0.2, 0.25) is 0 Å². The van der Waals surface area contributed by atoms with Gasteiger partial charge >= 0.3 is 0 Å². The van der Waals surface area contributed by atoms with E-state index in [4.69, 9.17) is 0 Å². The highest BCUT2D eigenvalue weighted by Crippen LogP contribution is 2.24. The molecule has 0 saturated heterocycles. The minimum absolute atomic E-state index is 1.07. The number of aromatic nitrogens is 2. The predicted octanol–water partition coefficient (Wildman–Crippen LogP) is 4.38. The minimum atomic E-state index is 1.07. The number of fused-ring (bicyclic) bond motifs is 3. The van der Waals surface area contributed by atoms with Crippen LogP contribution in [0.25, 0.3) is 21.8 Å². The van der Waals surface area contributed by atoms with Gasteiger partial charge in [0, 0.05) is 11.9 Å². The van der Waals surface area contributed by atoms with E-state index < -0.39 is 0 Å². The van der Waals surface area contributed by atoms with Crippen LogP contribution in [-0.2, 0) is 6.54 Å². The second-order valence-electron chi connectivity index (χ2n) is 4.80. The normalized spacial score (nSPS) is 11.4. The average molecular weight is 238 g/mol. The summed E-state index contributed by atoms with van der Waals surface area (Å²) in [5.74, 6) is 0. The Bertz CT molecular complexity index is 667. The fourth-order valence-electron chi connectivity index (χ4n) is 2.54. The standard InChI is InChI=1S/C16H18N2/c1-2-3-6-11-18-12-17-15-10-9-13-7-4-5-8-14(13)16(15)18/h4-5,7-10,12H,2-3,6,11H2,1H3. The number of benzene rings is 2. The van der Waals surface area contributed by atoms with E-state index in [-0.39, 0.29) is 0 Å². The van der Waals surface area contributed by atoms with E-state index in [1.807, 2.05) is 6.33 Å². The maximum atomic E-state index is 4.51. The molecule has 1 aromatic heterocycles. The summed E-state index contributed by atoms with van der Waals surface area (Å²) in [6.45, 7) is 3.31. The van der Waals surface area contributed by atoms with Gasteiger partial charge in [-0.15, -0.1) is 0 Å². The summed E-state index contributed by atoms with van der Waals surface area (Å²) in [7, 11) is 0. The Labute approximate surface area is 107 Å². The molecule has 1 heterocycles. The number of imidazole rings is 1. The SMILES string of the molecule is CCCCCn1cnc2ccc3ccccc3c21. The summed E-state index contributed by atoms with van der Waals surface area (Å²) in [5.41, 5.74) is 2.38. The summed E-state index contributed by atoms with van der Waals surface area (Å²) < 4.78 is 2.30. The molecule has 0 aliphatic heterocycles. The highest BCUT2D eigenvalue weighted by molar-refractivity contribution is 6.04. The van der Waals surface area contributed by atoms with Crippen molar-refractivity contribution in [3.63, 3.8) is 0 Å². The second kappa shape index (κ2) is 4.81. The quantitative estimate of drug-likeness (QED) is 0.617. The fraction of sp³-hybridized carbons (Fsp3) is 0.312. The predicted molar refractivity (Wildman–Crippen MR) is 76.8 cm³/mol.